The SMILES string of the molecule is C(=C(c1ccccc1)c1ccccc1)N(c1ccccc1)c1ccc2occc2c1. The lowest BCUT2D eigenvalue weighted by Crippen LogP contribution is -2.10. The lowest BCUT2D eigenvalue weighted by atomic mass is 9.98. The van der Waals surface area contributed by atoms with Crippen LogP contribution in [0.3, 0.4) is 0 Å². The van der Waals surface area contributed by atoms with E-state index >= 15 is 0 Å². The molecule has 144 valence electrons. The summed E-state index contributed by atoms with van der Waals surface area (Å²) in [4.78, 5) is 2.24. The second-order valence-corrected chi connectivity index (χ2v) is 7.12. The molecule has 0 unspecified atom stereocenters. The summed E-state index contributed by atoms with van der Waals surface area (Å²) in [7, 11) is 0. The lowest BCUT2D eigenvalue weighted by molar-refractivity contribution is 0.616. The van der Waals surface area contributed by atoms with Crippen LogP contribution in [-0.2, 0) is 0 Å². The van der Waals surface area contributed by atoms with Crippen LogP contribution >= 0.6 is 0 Å². The molecule has 5 aromatic rings. The number of furan rings is 1. The van der Waals surface area contributed by atoms with Gasteiger partial charge in [0.2, 0.25) is 0 Å². The molecule has 2 heteroatoms. The van der Waals surface area contributed by atoms with Gasteiger partial charge in [-0.25, -0.2) is 0 Å². The van der Waals surface area contributed by atoms with Crippen LogP contribution in [0.5, 0.6) is 0 Å². The lowest BCUT2D eigenvalue weighted by Gasteiger charge is -2.23. The van der Waals surface area contributed by atoms with Crippen LogP contribution in [0.2, 0.25) is 0 Å². The molecule has 0 bridgehead atoms. The number of anilines is 2. The van der Waals surface area contributed by atoms with Gasteiger partial charge < -0.3 is 9.32 Å². The Hall–Kier alpha value is -4.04. The Morgan fingerprint density at radius 3 is 1.83 bits per heavy atom. The number of hydrogen-bond donors (Lipinski definition) is 0. The molecule has 0 N–H and O–H groups in total. The molecule has 0 saturated heterocycles. The van der Waals surface area contributed by atoms with Gasteiger partial charge in [0.25, 0.3) is 0 Å². The van der Waals surface area contributed by atoms with Gasteiger partial charge in [0.1, 0.15) is 5.58 Å². The van der Waals surface area contributed by atoms with Gasteiger partial charge in [0, 0.05) is 28.5 Å². The molecular formula is C28H21NO. The van der Waals surface area contributed by atoms with E-state index in [1.165, 1.54) is 11.1 Å². The van der Waals surface area contributed by atoms with E-state index in [2.05, 4.69) is 96.0 Å². The van der Waals surface area contributed by atoms with Crippen LogP contribution in [0.25, 0.3) is 16.5 Å². The highest BCUT2D eigenvalue weighted by molar-refractivity contribution is 5.87. The van der Waals surface area contributed by atoms with Gasteiger partial charge >= 0.3 is 0 Å². The van der Waals surface area contributed by atoms with Crippen LogP contribution < -0.4 is 4.90 Å². The molecule has 0 aliphatic carbocycles. The molecule has 0 fully saturated rings. The summed E-state index contributed by atoms with van der Waals surface area (Å²) in [5.41, 5.74) is 6.58. The highest BCUT2D eigenvalue weighted by atomic mass is 16.3. The number of hydrogen-bond acceptors (Lipinski definition) is 2. The van der Waals surface area contributed by atoms with Gasteiger partial charge in [-0.2, -0.15) is 0 Å². The quantitative estimate of drug-likeness (QED) is 0.308. The number of rotatable bonds is 5. The zero-order valence-electron chi connectivity index (χ0n) is 16.5. The molecule has 2 nitrogen and oxygen atoms in total. The van der Waals surface area contributed by atoms with Crippen molar-refractivity contribution in [3.05, 3.63) is 139 Å². The topological polar surface area (TPSA) is 16.4 Å². The maximum atomic E-state index is 5.54. The summed E-state index contributed by atoms with van der Waals surface area (Å²) in [6, 6.07) is 39.8. The average Bonchev–Trinajstić information content (AvgIpc) is 3.29. The summed E-state index contributed by atoms with van der Waals surface area (Å²) in [6.07, 6.45) is 3.96. The van der Waals surface area contributed by atoms with Crippen molar-refractivity contribution >= 4 is 27.9 Å². The first kappa shape index (κ1) is 18.0. The zero-order valence-corrected chi connectivity index (χ0v) is 16.5. The highest BCUT2D eigenvalue weighted by Gasteiger charge is 2.12. The third-order valence-electron chi connectivity index (χ3n) is 5.18. The first-order valence-corrected chi connectivity index (χ1v) is 10.0. The second kappa shape index (κ2) is 8.14. The van der Waals surface area contributed by atoms with E-state index in [4.69, 9.17) is 4.42 Å². The minimum absolute atomic E-state index is 0.891. The van der Waals surface area contributed by atoms with Crippen LogP contribution in [-0.4, -0.2) is 0 Å². The summed E-state index contributed by atoms with van der Waals surface area (Å²) in [5.74, 6) is 0. The summed E-state index contributed by atoms with van der Waals surface area (Å²) >= 11 is 0. The van der Waals surface area contributed by atoms with Gasteiger partial charge in [-0.15, -0.1) is 0 Å². The third kappa shape index (κ3) is 3.63. The molecule has 0 amide bonds. The van der Waals surface area contributed by atoms with E-state index in [-0.39, 0.29) is 0 Å². The minimum Gasteiger partial charge on any atom is -0.464 e. The van der Waals surface area contributed by atoms with Gasteiger partial charge in [0.15, 0.2) is 0 Å². The standard InChI is InChI=1S/C28H21NO/c1-4-10-22(11-5-1)27(23-12-6-2-7-13-23)21-29(25-14-8-3-9-15-25)26-16-17-28-24(20-26)18-19-30-28/h1-21H. The molecule has 0 aliphatic heterocycles. The highest BCUT2D eigenvalue weighted by Crippen LogP contribution is 2.33. The molecule has 0 saturated carbocycles. The van der Waals surface area contributed by atoms with Crippen molar-refractivity contribution in [2.24, 2.45) is 0 Å². The molecule has 30 heavy (non-hydrogen) atoms. The van der Waals surface area contributed by atoms with Crippen molar-refractivity contribution in [2.45, 2.75) is 0 Å². The van der Waals surface area contributed by atoms with Crippen molar-refractivity contribution < 1.29 is 4.42 Å². The molecule has 1 heterocycles. The summed E-state index contributed by atoms with van der Waals surface area (Å²) in [5, 5.41) is 1.09. The smallest absolute Gasteiger partial charge is 0.133 e. The van der Waals surface area contributed by atoms with Crippen LogP contribution in [0, 0.1) is 0 Å². The maximum absolute atomic E-state index is 5.54. The minimum atomic E-state index is 0.891. The molecular weight excluding hydrogens is 366 g/mol. The number of benzene rings is 4. The fourth-order valence-corrected chi connectivity index (χ4v) is 3.67. The second-order valence-electron chi connectivity index (χ2n) is 7.12. The monoisotopic (exact) mass is 387 g/mol. The van der Waals surface area contributed by atoms with E-state index in [9.17, 15) is 0 Å². The summed E-state index contributed by atoms with van der Waals surface area (Å²) < 4.78 is 5.54. The van der Waals surface area contributed by atoms with E-state index in [0.29, 0.717) is 0 Å². The van der Waals surface area contributed by atoms with Gasteiger partial charge in [0.05, 0.1) is 6.26 Å². The van der Waals surface area contributed by atoms with Gasteiger partial charge in [-0.1, -0.05) is 78.9 Å². The van der Waals surface area contributed by atoms with Crippen LogP contribution in [0.1, 0.15) is 11.1 Å². The Morgan fingerprint density at radius 2 is 1.20 bits per heavy atom. The molecule has 0 aliphatic rings. The average molecular weight is 387 g/mol. The number of nitrogens with zero attached hydrogens (tertiary/aromatic N) is 1. The predicted molar refractivity (Wildman–Crippen MR) is 125 cm³/mol. The van der Waals surface area contributed by atoms with Gasteiger partial charge in [-0.3, -0.25) is 0 Å². The molecule has 0 radical (unpaired) electrons. The Morgan fingerprint density at radius 1 is 0.600 bits per heavy atom. The first-order valence-electron chi connectivity index (χ1n) is 10.0. The van der Waals surface area contributed by atoms with E-state index in [1.807, 2.05) is 30.3 Å². The maximum Gasteiger partial charge on any atom is 0.133 e. The van der Waals surface area contributed by atoms with Crippen molar-refractivity contribution in [1.82, 2.24) is 0 Å². The van der Waals surface area contributed by atoms with Crippen LogP contribution in [0.4, 0.5) is 11.4 Å². The van der Waals surface area contributed by atoms with Crippen molar-refractivity contribution in [2.75, 3.05) is 4.90 Å². The largest absolute Gasteiger partial charge is 0.464 e. The molecule has 0 atom stereocenters. The van der Waals surface area contributed by atoms with Crippen LogP contribution in [0.15, 0.2) is 132 Å². The molecule has 1 aromatic heterocycles. The summed E-state index contributed by atoms with van der Waals surface area (Å²) in [6.45, 7) is 0. The third-order valence-corrected chi connectivity index (χ3v) is 5.18. The van der Waals surface area contributed by atoms with E-state index < -0.39 is 0 Å². The Balaban J connectivity index is 1.71. The molecule has 4 aromatic carbocycles. The Kier molecular flexibility index (Phi) is 4.89. The van der Waals surface area contributed by atoms with Gasteiger partial charge in [-0.05, 0) is 47.5 Å². The fourth-order valence-electron chi connectivity index (χ4n) is 3.67. The van der Waals surface area contributed by atoms with Crippen molar-refractivity contribution in [3.8, 4) is 0 Å². The van der Waals surface area contributed by atoms with Crippen molar-refractivity contribution in [1.29, 1.82) is 0 Å². The number of para-hydroxylation sites is 1. The fraction of sp³-hybridized carbons (Fsp3) is 0. The van der Waals surface area contributed by atoms with E-state index in [1.54, 1.807) is 6.26 Å². The first-order chi connectivity index (χ1) is 14.9. The van der Waals surface area contributed by atoms with E-state index in [0.717, 1.165) is 27.9 Å². The predicted octanol–water partition coefficient (Wildman–Crippen LogP) is 7.66. The molecule has 5 rings (SSSR count). The van der Waals surface area contributed by atoms with Crippen molar-refractivity contribution in [3.63, 3.8) is 0 Å². The Labute approximate surface area is 176 Å². The zero-order chi connectivity index (χ0) is 20.2. The normalized spacial score (nSPS) is 10.7. The molecule has 0 spiro atoms. The number of fused-ring (bicyclic) bond motifs is 1. The Bertz CT molecular complexity index is 1230.